The van der Waals surface area contributed by atoms with E-state index in [0.717, 1.165) is 19.3 Å². The summed E-state index contributed by atoms with van der Waals surface area (Å²) in [6.45, 7) is 0.584. The molecule has 102 valence electrons. The summed E-state index contributed by atoms with van der Waals surface area (Å²) in [5, 5.41) is 9.04. The van der Waals surface area contributed by atoms with Gasteiger partial charge in [-0.2, -0.15) is 0 Å². The molecule has 0 radical (unpaired) electrons. The lowest BCUT2D eigenvalue weighted by molar-refractivity contribution is -0.148. The topological polar surface area (TPSA) is 57.6 Å². The molecule has 0 saturated carbocycles. The highest BCUT2D eigenvalue weighted by Gasteiger charge is 2.33. The Balaban J connectivity index is 1.80. The number of carboxylic acids is 1. The van der Waals surface area contributed by atoms with Gasteiger partial charge in [-0.25, -0.2) is 4.79 Å². The molecule has 0 bridgehead atoms. The number of hydrogen-bond acceptors (Lipinski definition) is 2. The van der Waals surface area contributed by atoms with Crippen LogP contribution >= 0.6 is 0 Å². The molecule has 0 aromatic heterocycles. The lowest BCUT2D eigenvalue weighted by Gasteiger charge is -2.21. The van der Waals surface area contributed by atoms with Crippen molar-refractivity contribution in [2.75, 3.05) is 6.54 Å². The first-order valence-corrected chi connectivity index (χ1v) is 6.74. The van der Waals surface area contributed by atoms with Gasteiger partial charge in [0.05, 0.1) is 0 Å². The molecule has 0 spiro atoms. The Morgan fingerprint density at radius 3 is 2.68 bits per heavy atom. The lowest BCUT2D eigenvalue weighted by Crippen LogP contribution is -2.40. The van der Waals surface area contributed by atoms with Crippen molar-refractivity contribution in [3.05, 3.63) is 35.9 Å². The number of carbonyl (C=O) groups is 2. The van der Waals surface area contributed by atoms with Crippen molar-refractivity contribution < 1.29 is 14.7 Å². The Bertz CT molecular complexity index is 444. The van der Waals surface area contributed by atoms with Gasteiger partial charge < -0.3 is 10.0 Å². The molecule has 1 aromatic carbocycles. The summed E-state index contributed by atoms with van der Waals surface area (Å²) in [5.41, 5.74) is 1.21. The average Bonchev–Trinajstić information content (AvgIpc) is 2.89. The van der Waals surface area contributed by atoms with Gasteiger partial charge in [0, 0.05) is 13.0 Å². The smallest absolute Gasteiger partial charge is 0.326 e. The maximum Gasteiger partial charge on any atom is 0.326 e. The van der Waals surface area contributed by atoms with E-state index in [1.54, 1.807) is 0 Å². The highest BCUT2D eigenvalue weighted by atomic mass is 16.4. The molecule has 1 aliphatic heterocycles. The van der Waals surface area contributed by atoms with Gasteiger partial charge in [0.1, 0.15) is 6.04 Å². The van der Waals surface area contributed by atoms with Gasteiger partial charge in [-0.1, -0.05) is 30.3 Å². The Hall–Kier alpha value is -1.84. The van der Waals surface area contributed by atoms with Crippen LogP contribution in [0.2, 0.25) is 0 Å². The standard InChI is InChI=1S/C15H19NO3/c17-14(16-11-5-9-13(16)15(18)19)10-4-8-12-6-2-1-3-7-12/h1-3,6-7,13H,4-5,8-11H2,(H,18,19). The zero-order valence-corrected chi connectivity index (χ0v) is 10.9. The molecule has 1 heterocycles. The van der Waals surface area contributed by atoms with E-state index in [4.69, 9.17) is 5.11 Å². The number of carbonyl (C=O) groups excluding carboxylic acids is 1. The van der Waals surface area contributed by atoms with Gasteiger partial charge in [0.25, 0.3) is 0 Å². The summed E-state index contributed by atoms with van der Waals surface area (Å²) >= 11 is 0. The largest absolute Gasteiger partial charge is 0.480 e. The van der Waals surface area contributed by atoms with E-state index in [1.165, 1.54) is 10.5 Å². The number of nitrogens with zero attached hydrogens (tertiary/aromatic N) is 1. The maximum atomic E-state index is 12.0. The van der Waals surface area contributed by atoms with Gasteiger partial charge in [0.2, 0.25) is 5.91 Å². The van der Waals surface area contributed by atoms with Gasteiger partial charge in [0.15, 0.2) is 0 Å². The van der Waals surface area contributed by atoms with E-state index >= 15 is 0 Å². The number of carboxylic acid groups (broad SMARTS) is 1. The van der Waals surface area contributed by atoms with Gasteiger partial charge >= 0.3 is 5.97 Å². The summed E-state index contributed by atoms with van der Waals surface area (Å²) in [7, 11) is 0. The second-order valence-corrected chi connectivity index (χ2v) is 4.92. The fraction of sp³-hybridized carbons (Fsp3) is 0.467. The van der Waals surface area contributed by atoms with Crippen molar-refractivity contribution in [1.82, 2.24) is 4.90 Å². The minimum atomic E-state index is -0.881. The Morgan fingerprint density at radius 2 is 2.00 bits per heavy atom. The molecule has 1 saturated heterocycles. The number of aryl methyl sites for hydroxylation is 1. The van der Waals surface area contributed by atoms with E-state index in [1.807, 2.05) is 30.3 Å². The van der Waals surface area contributed by atoms with Crippen LogP contribution in [0.1, 0.15) is 31.2 Å². The summed E-state index contributed by atoms with van der Waals surface area (Å²) in [5.74, 6) is -0.908. The summed E-state index contributed by atoms with van der Waals surface area (Å²) in [4.78, 5) is 24.6. The maximum absolute atomic E-state index is 12.0. The van der Waals surface area contributed by atoms with Crippen molar-refractivity contribution in [2.24, 2.45) is 0 Å². The third-order valence-corrected chi connectivity index (χ3v) is 3.56. The molecule has 1 unspecified atom stereocenters. The number of likely N-dealkylation sites (tertiary alicyclic amines) is 1. The fourth-order valence-corrected chi connectivity index (χ4v) is 2.55. The van der Waals surface area contributed by atoms with E-state index in [9.17, 15) is 9.59 Å². The normalized spacial score (nSPS) is 18.5. The van der Waals surface area contributed by atoms with E-state index in [-0.39, 0.29) is 5.91 Å². The molecule has 1 aliphatic rings. The quantitative estimate of drug-likeness (QED) is 0.883. The van der Waals surface area contributed by atoms with Gasteiger partial charge in [-0.15, -0.1) is 0 Å². The molecule has 19 heavy (non-hydrogen) atoms. The van der Waals surface area contributed by atoms with Crippen molar-refractivity contribution in [2.45, 2.75) is 38.1 Å². The molecule has 4 nitrogen and oxygen atoms in total. The monoisotopic (exact) mass is 261 g/mol. The van der Waals surface area contributed by atoms with Gasteiger partial charge in [-0.3, -0.25) is 4.79 Å². The van der Waals surface area contributed by atoms with E-state index < -0.39 is 12.0 Å². The van der Waals surface area contributed by atoms with Crippen LogP contribution in [-0.4, -0.2) is 34.5 Å². The van der Waals surface area contributed by atoms with Crippen LogP contribution in [0.15, 0.2) is 30.3 Å². The predicted octanol–water partition coefficient (Wildman–Crippen LogP) is 2.08. The summed E-state index contributed by atoms with van der Waals surface area (Å²) in [6.07, 6.45) is 3.43. The molecule has 1 amide bonds. The molecule has 2 rings (SSSR count). The Morgan fingerprint density at radius 1 is 1.26 bits per heavy atom. The Labute approximate surface area is 113 Å². The Kier molecular flexibility index (Phi) is 4.55. The zero-order valence-electron chi connectivity index (χ0n) is 10.9. The lowest BCUT2D eigenvalue weighted by atomic mass is 10.1. The molecule has 1 atom stereocenters. The number of aliphatic carboxylic acids is 1. The van der Waals surface area contributed by atoms with Gasteiger partial charge in [-0.05, 0) is 31.2 Å². The van der Waals surface area contributed by atoms with Crippen molar-refractivity contribution >= 4 is 11.9 Å². The first kappa shape index (κ1) is 13.6. The first-order valence-electron chi connectivity index (χ1n) is 6.74. The number of rotatable bonds is 5. The van der Waals surface area contributed by atoms with Crippen molar-refractivity contribution in [3.63, 3.8) is 0 Å². The molecule has 1 aromatic rings. The molecular formula is C15H19NO3. The van der Waals surface area contributed by atoms with Crippen LogP contribution < -0.4 is 0 Å². The van der Waals surface area contributed by atoms with Crippen LogP contribution in [-0.2, 0) is 16.0 Å². The van der Waals surface area contributed by atoms with E-state index in [2.05, 4.69) is 0 Å². The van der Waals surface area contributed by atoms with Crippen LogP contribution in [0.25, 0.3) is 0 Å². The molecule has 0 aliphatic carbocycles. The summed E-state index contributed by atoms with van der Waals surface area (Å²) < 4.78 is 0. The minimum Gasteiger partial charge on any atom is -0.480 e. The highest BCUT2D eigenvalue weighted by Crippen LogP contribution is 2.19. The number of amides is 1. The van der Waals surface area contributed by atoms with Crippen LogP contribution in [0, 0.1) is 0 Å². The van der Waals surface area contributed by atoms with Crippen molar-refractivity contribution in [3.8, 4) is 0 Å². The third-order valence-electron chi connectivity index (χ3n) is 3.56. The second kappa shape index (κ2) is 6.36. The van der Waals surface area contributed by atoms with Crippen LogP contribution in [0.5, 0.6) is 0 Å². The second-order valence-electron chi connectivity index (χ2n) is 4.92. The molecule has 1 N–H and O–H groups in total. The van der Waals surface area contributed by atoms with E-state index in [0.29, 0.717) is 19.4 Å². The molecule has 1 fully saturated rings. The summed E-state index contributed by atoms with van der Waals surface area (Å²) in [6, 6.07) is 9.41. The predicted molar refractivity (Wildman–Crippen MR) is 71.8 cm³/mol. The zero-order chi connectivity index (χ0) is 13.7. The fourth-order valence-electron chi connectivity index (χ4n) is 2.55. The molecular weight excluding hydrogens is 242 g/mol. The average molecular weight is 261 g/mol. The third kappa shape index (κ3) is 3.56. The van der Waals surface area contributed by atoms with Crippen molar-refractivity contribution in [1.29, 1.82) is 0 Å². The number of benzene rings is 1. The van der Waals surface area contributed by atoms with Crippen LogP contribution in [0.4, 0.5) is 0 Å². The minimum absolute atomic E-state index is 0.0270. The highest BCUT2D eigenvalue weighted by molar-refractivity contribution is 5.84. The molecule has 4 heteroatoms. The number of hydrogen-bond donors (Lipinski definition) is 1. The van der Waals surface area contributed by atoms with Crippen LogP contribution in [0.3, 0.4) is 0 Å². The SMILES string of the molecule is O=C(O)C1CCCN1C(=O)CCCc1ccccc1. The first-order chi connectivity index (χ1) is 9.18.